The summed E-state index contributed by atoms with van der Waals surface area (Å²) in [5.41, 5.74) is 2.08. The van der Waals surface area contributed by atoms with Crippen LogP contribution in [0.5, 0.6) is 5.75 Å². The molecule has 1 aliphatic heterocycles. The number of halogens is 1. The zero-order valence-electron chi connectivity index (χ0n) is 22.5. The van der Waals surface area contributed by atoms with Crippen molar-refractivity contribution in [2.45, 2.75) is 35.9 Å². The molecule has 1 aromatic heterocycles. The fraction of sp³-hybridized carbons (Fsp3) is 0.276. The van der Waals surface area contributed by atoms with Crippen molar-refractivity contribution in [3.8, 4) is 17.1 Å². The fourth-order valence-corrected chi connectivity index (χ4v) is 7.16. The number of sulfonamides is 1. The molecule has 2 heterocycles. The standard InChI is InChI=1S/C29H30ClN5O4S2/c1-39-26-15-14-22(41(37,38)34-16-8-3-9-17-34)18-25(26)31-27(36)20-40-29-33-32-28(23-12-6-7-13-24(23)30)35(29)19-21-10-4-2-5-11-21/h2,4-7,10-15,18H,3,8-9,16-17,19-20H2,1H3,(H,31,36). The maximum atomic E-state index is 13.2. The average Bonchev–Trinajstić information content (AvgIpc) is 3.39. The molecule has 5 rings (SSSR count). The number of thioether (sulfide) groups is 1. The molecule has 0 unspecified atom stereocenters. The Morgan fingerprint density at radius 2 is 1.73 bits per heavy atom. The number of hydrogen-bond donors (Lipinski definition) is 1. The van der Waals surface area contributed by atoms with Crippen molar-refractivity contribution >= 4 is 45.0 Å². The topological polar surface area (TPSA) is 106 Å². The molecule has 1 aliphatic rings. The molecule has 1 fully saturated rings. The molecule has 9 nitrogen and oxygen atoms in total. The van der Waals surface area contributed by atoms with Crippen LogP contribution in [0.15, 0.2) is 82.8 Å². The van der Waals surface area contributed by atoms with Crippen molar-refractivity contribution in [3.63, 3.8) is 0 Å². The van der Waals surface area contributed by atoms with Crippen LogP contribution in [0.2, 0.25) is 5.02 Å². The van der Waals surface area contributed by atoms with Gasteiger partial charge in [-0.05, 0) is 48.7 Å². The molecule has 12 heteroatoms. The Kier molecular flexibility index (Phi) is 9.29. The first kappa shape index (κ1) is 29.1. The van der Waals surface area contributed by atoms with Crippen LogP contribution in [0.25, 0.3) is 11.4 Å². The van der Waals surface area contributed by atoms with E-state index < -0.39 is 10.0 Å². The number of methoxy groups -OCH3 is 1. The number of carbonyl (C=O) groups excluding carboxylic acids is 1. The Morgan fingerprint density at radius 3 is 2.46 bits per heavy atom. The molecule has 0 saturated carbocycles. The summed E-state index contributed by atoms with van der Waals surface area (Å²) in [5, 5.41) is 12.7. The lowest BCUT2D eigenvalue weighted by Crippen LogP contribution is -2.35. The van der Waals surface area contributed by atoms with E-state index in [0.717, 1.165) is 30.4 Å². The van der Waals surface area contributed by atoms with Gasteiger partial charge in [-0.1, -0.05) is 72.2 Å². The van der Waals surface area contributed by atoms with Gasteiger partial charge in [-0.2, -0.15) is 4.31 Å². The van der Waals surface area contributed by atoms with E-state index in [4.69, 9.17) is 16.3 Å². The van der Waals surface area contributed by atoms with Crippen LogP contribution in [0.4, 0.5) is 5.69 Å². The number of rotatable bonds is 10. The smallest absolute Gasteiger partial charge is 0.243 e. The van der Waals surface area contributed by atoms with Crippen LogP contribution < -0.4 is 10.1 Å². The number of aromatic nitrogens is 3. The molecule has 0 spiro atoms. The molecule has 1 saturated heterocycles. The summed E-state index contributed by atoms with van der Waals surface area (Å²) in [7, 11) is -2.20. The number of nitrogens with zero attached hydrogens (tertiary/aromatic N) is 4. The van der Waals surface area contributed by atoms with Crippen LogP contribution in [-0.2, 0) is 21.4 Å². The van der Waals surface area contributed by atoms with Gasteiger partial charge in [0.05, 0.1) is 35.0 Å². The van der Waals surface area contributed by atoms with Crippen LogP contribution in [-0.4, -0.2) is 59.3 Å². The lowest BCUT2D eigenvalue weighted by molar-refractivity contribution is -0.113. The predicted octanol–water partition coefficient (Wildman–Crippen LogP) is 5.56. The largest absolute Gasteiger partial charge is 0.495 e. The van der Waals surface area contributed by atoms with Gasteiger partial charge in [0, 0.05) is 18.7 Å². The first-order chi connectivity index (χ1) is 19.9. The lowest BCUT2D eigenvalue weighted by Gasteiger charge is -2.26. The van der Waals surface area contributed by atoms with Gasteiger partial charge >= 0.3 is 0 Å². The minimum atomic E-state index is -3.67. The van der Waals surface area contributed by atoms with Gasteiger partial charge in [-0.3, -0.25) is 9.36 Å². The molecule has 0 atom stereocenters. The molecule has 0 aliphatic carbocycles. The Balaban J connectivity index is 1.35. The molecule has 1 amide bonds. The third-order valence-corrected chi connectivity index (χ3v) is 9.94. The van der Waals surface area contributed by atoms with Gasteiger partial charge in [-0.25, -0.2) is 8.42 Å². The fourth-order valence-electron chi connectivity index (χ4n) is 4.66. The minimum Gasteiger partial charge on any atom is -0.495 e. The summed E-state index contributed by atoms with van der Waals surface area (Å²) < 4.78 is 35.2. The van der Waals surface area contributed by atoms with Crippen LogP contribution >= 0.6 is 23.4 Å². The Morgan fingerprint density at radius 1 is 1.00 bits per heavy atom. The number of hydrogen-bond acceptors (Lipinski definition) is 7. The van der Waals surface area contributed by atoms with Gasteiger partial charge < -0.3 is 10.1 Å². The van der Waals surface area contributed by atoms with Gasteiger partial charge in [0.1, 0.15) is 5.75 Å². The highest BCUT2D eigenvalue weighted by Crippen LogP contribution is 2.32. The maximum Gasteiger partial charge on any atom is 0.243 e. The summed E-state index contributed by atoms with van der Waals surface area (Å²) >= 11 is 7.70. The summed E-state index contributed by atoms with van der Waals surface area (Å²) in [4.78, 5) is 13.2. The SMILES string of the molecule is COc1ccc(S(=O)(=O)N2CCCCC2)cc1NC(=O)CSc1nnc(-c2ccccc2Cl)n1Cc1ccccc1. The Hall–Kier alpha value is -3.38. The highest BCUT2D eigenvalue weighted by molar-refractivity contribution is 7.99. The van der Waals surface area contributed by atoms with Gasteiger partial charge in [0.25, 0.3) is 0 Å². The monoisotopic (exact) mass is 611 g/mol. The molecule has 4 aromatic rings. The average molecular weight is 612 g/mol. The predicted molar refractivity (Wildman–Crippen MR) is 161 cm³/mol. The number of amides is 1. The van der Waals surface area contributed by atoms with Gasteiger partial charge in [-0.15, -0.1) is 10.2 Å². The normalized spacial score (nSPS) is 14.1. The number of benzene rings is 3. The van der Waals surface area contributed by atoms with Gasteiger partial charge in [0.2, 0.25) is 15.9 Å². The Labute approximate surface area is 248 Å². The van der Waals surface area contributed by atoms with E-state index in [9.17, 15) is 13.2 Å². The Bertz CT molecular complexity index is 1620. The summed E-state index contributed by atoms with van der Waals surface area (Å²) in [6.07, 6.45) is 2.69. The van der Waals surface area contributed by atoms with Crippen LogP contribution in [0.1, 0.15) is 24.8 Å². The van der Waals surface area contributed by atoms with E-state index in [0.29, 0.717) is 47.1 Å². The van der Waals surface area contributed by atoms with Crippen molar-refractivity contribution in [3.05, 3.63) is 83.4 Å². The molecular formula is C29H30ClN5O4S2. The van der Waals surface area contributed by atoms with E-state index in [1.807, 2.05) is 53.1 Å². The van der Waals surface area contributed by atoms with Crippen molar-refractivity contribution in [2.24, 2.45) is 0 Å². The third kappa shape index (κ3) is 6.75. The molecule has 0 bridgehead atoms. The molecule has 0 radical (unpaired) electrons. The zero-order chi connectivity index (χ0) is 28.8. The third-order valence-electron chi connectivity index (χ3n) is 6.75. The van der Waals surface area contributed by atoms with E-state index >= 15 is 0 Å². The zero-order valence-corrected chi connectivity index (χ0v) is 24.9. The van der Waals surface area contributed by atoms with Crippen LogP contribution in [0.3, 0.4) is 0 Å². The first-order valence-electron chi connectivity index (χ1n) is 13.2. The molecule has 41 heavy (non-hydrogen) atoms. The highest BCUT2D eigenvalue weighted by Gasteiger charge is 2.27. The quantitative estimate of drug-likeness (QED) is 0.234. The van der Waals surface area contributed by atoms with Crippen LogP contribution in [0, 0.1) is 0 Å². The van der Waals surface area contributed by atoms with E-state index in [2.05, 4.69) is 15.5 Å². The van der Waals surface area contributed by atoms with Crippen molar-refractivity contribution in [2.75, 3.05) is 31.3 Å². The molecule has 3 aromatic carbocycles. The minimum absolute atomic E-state index is 0.0156. The first-order valence-corrected chi connectivity index (χ1v) is 16.0. The van der Waals surface area contributed by atoms with Crippen molar-refractivity contribution in [1.82, 2.24) is 19.1 Å². The van der Waals surface area contributed by atoms with E-state index in [-0.39, 0.29) is 16.6 Å². The van der Waals surface area contributed by atoms with Crippen molar-refractivity contribution in [1.29, 1.82) is 0 Å². The number of carbonyl (C=O) groups is 1. The highest BCUT2D eigenvalue weighted by atomic mass is 35.5. The van der Waals surface area contributed by atoms with E-state index in [1.54, 1.807) is 12.1 Å². The maximum absolute atomic E-state index is 13.2. The number of piperidine rings is 1. The molecular weight excluding hydrogens is 582 g/mol. The second-order valence-corrected chi connectivity index (χ2v) is 12.8. The second kappa shape index (κ2) is 13.1. The lowest BCUT2D eigenvalue weighted by atomic mass is 10.2. The molecule has 214 valence electrons. The summed E-state index contributed by atoms with van der Waals surface area (Å²) in [6.45, 7) is 1.47. The number of anilines is 1. The van der Waals surface area contributed by atoms with Gasteiger partial charge in [0.15, 0.2) is 11.0 Å². The number of nitrogens with one attached hydrogen (secondary N) is 1. The van der Waals surface area contributed by atoms with Crippen molar-refractivity contribution < 1.29 is 17.9 Å². The number of ether oxygens (including phenoxy) is 1. The summed E-state index contributed by atoms with van der Waals surface area (Å²) in [5.74, 6) is 0.644. The second-order valence-electron chi connectivity index (χ2n) is 9.52. The molecule has 1 N–H and O–H groups in total. The summed E-state index contributed by atoms with van der Waals surface area (Å²) in [6, 6.07) is 21.8. The van der Waals surface area contributed by atoms with E-state index in [1.165, 1.54) is 35.3 Å².